The van der Waals surface area contributed by atoms with Gasteiger partial charge in [-0.05, 0) is 30.0 Å². The van der Waals surface area contributed by atoms with Gasteiger partial charge >= 0.3 is 0 Å². The Morgan fingerprint density at radius 3 is 2.57 bits per heavy atom. The van der Waals surface area contributed by atoms with Gasteiger partial charge in [0.25, 0.3) is 0 Å². The molecule has 2 heterocycles. The van der Waals surface area contributed by atoms with Gasteiger partial charge in [-0.3, -0.25) is 14.6 Å². The molecular weight excluding hydrogens is 392 g/mol. The first-order valence-corrected chi connectivity index (χ1v) is 12.3. The van der Waals surface area contributed by atoms with Gasteiger partial charge in [0.15, 0.2) is 5.96 Å². The maximum absolute atomic E-state index is 4.50. The van der Waals surface area contributed by atoms with E-state index in [1.165, 1.54) is 61.4 Å². The summed E-state index contributed by atoms with van der Waals surface area (Å²) in [5.41, 5.74) is 2.86. The van der Waals surface area contributed by atoms with E-state index in [0.717, 1.165) is 25.6 Å². The van der Waals surface area contributed by atoms with Crippen LogP contribution in [0.3, 0.4) is 0 Å². The molecule has 0 radical (unpaired) electrons. The number of thioether (sulfide) groups is 1. The van der Waals surface area contributed by atoms with Gasteiger partial charge in [0, 0.05) is 62.7 Å². The third-order valence-electron chi connectivity index (χ3n) is 6.48. The van der Waals surface area contributed by atoms with Gasteiger partial charge in [-0.1, -0.05) is 37.1 Å². The maximum atomic E-state index is 4.50. The number of guanidine groups is 1. The monoisotopic (exact) mass is 426 g/mol. The third-order valence-corrected chi connectivity index (χ3v) is 7.42. The molecule has 2 aromatic rings. The van der Waals surface area contributed by atoms with Gasteiger partial charge in [-0.25, -0.2) is 0 Å². The van der Waals surface area contributed by atoms with Crippen LogP contribution in [0.5, 0.6) is 0 Å². The highest BCUT2D eigenvalue weighted by atomic mass is 32.2. The SMILES string of the molecule is CN=C(NCc1ccccc1Cn1cccn1)NCC1(N2CCSCC2)CCCC1. The minimum atomic E-state index is 0.302. The van der Waals surface area contributed by atoms with Crippen LogP contribution in [-0.4, -0.2) is 64.4 Å². The van der Waals surface area contributed by atoms with Crippen molar-refractivity contribution in [2.45, 2.75) is 44.3 Å². The number of rotatable bonds is 7. The summed E-state index contributed by atoms with van der Waals surface area (Å²) >= 11 is 2.09. The Kier molecular flexibility index (Phi) is 7.33. The van der Waals surface area contributed by atoms with E-state index in [0.29, 0.717) is 5.54 Å². The minimum Gasteiger partial charge on any atom is -0.355 e. The molecule has 0 bridgehead atoms. The van der Waals surface area contributed by atoms with Crippen LogP contribution in [0, 0.1) is 0 Å². The van der Waals surface area contributed by atoms with Gasteiger partial charge in [0.05, 0.1) is 6.54 Å². The lowest BCUT2D eigenvalue weighted by Gasteiger charge is -2.43. The number of hydrogen-bond acceptors (Lipinski definition) is 4. The molecule has 6 nitrogen and oxygen atoms in total. The lowest BCUT2D eigenvalue weighted by atomic mass is 9.94. The highest BCUT2D eigenvalue weighted by Crippen LogP contribution is 2.36. The molecule has 1 aromatic carbocycles. The molecule has 1 saturated heterocycles. The molecular formula is C23H34N6S. The molecule has 4 rings (SSSR count). The fourth-order valence-corrected chi connectivity index (χ4v) is 5.68. The van der Waals surface area contributed by atoms with Crippen molar-refractivity contribution in [3.8, 4) is 0 Å². The molecule has 1 aliphatic carbocycles. The smallest absolute Gasteiger partial charge is 0.191 e. The van der Waals surface area contributed by atoms with Gasteiger partial charge in [-0.2, -0.15) is 16.9 Å². The lowest BCUT2D eigenvalue weighted by Crippen LogP contribution is -2.57. The van der Waals surface area contributed by atoms with E-state index in [1.54, 1.807) is 0 Å². The molecule has 0 atom stereocenters. The predicted octanol–water partition coefficient (Wildman–Crippen LogP) is 2.96. The van der Waals surface area contributed by atoms with E-state index < -0.39 is 0 Å². The summed E-state index contributed by atoms with van der Waals surface area (Å²) in [6.07, 6.45) is 9.12. The summed E-state index contributed by atoms with van der Waals surface area (Å²) in [4.78, 5) is 7.25. The Hall–Kier alpha value is -1.99. The van der Waals surface area contributed by atoms with Crippen molar-refractivity contribution in [3.63, 3.8) is 0 Å². The number of nitrogens with one attached hydrogen (secondary N) is 2. The van der Waals surface area contributed by atoms with E-state index in [2.05, 4.69) is 61.7 Å². The van der Waals surface area contributed by atoms with Crippen LogP contribution in [-0.2, 0) is 13.1 Å². The fourth-order valence-electron chi connectivity index (χ4n) is 4.78. The van der Waals surface area contributed by atoms with Gasteiger partial charge in [-0.15, -0.1) is 0 Å². The zero-order chi connectivity index (χ0) is 20.7. The number of benzene rings is 1. The summed E-state index contributed by atoms with van der Waals surface area (Å²) in [5.74, 6) is 3.42. The second-order valence-electron chi connectivity index (χ2n) is 8.28. The van der Waals surface area contributed by atoms with E-state index in [-0.39, 0.29) is 0 Å². The first-order valence-electron chi connectivity index (χ1n) is 11.1. The molecule has 2 fully saturated rings. The van der Waals surface area contributed by atoms with E-state index in [4.69, 9.17) is 0 Å². The number of aliphatic imine (C=N–C) groups is 1. The van der Waals surface area contributed by atoms with Crippen molar-refractivity contribution >= 4 is 17.7 Å². The Labute approximate surface area is 184 Å². The molecule has 0 spiro atoms. The normalized spacial score (nSPS) is 19.7. The summed E-state index contributed by atoms with van der Waals surface area (Å²) in [6.45, 7) is 4.96. The average Bonchev–Trinajstić information content (AvgIpc) is 3.48. The molecule has 1 aromatic heterocycles. The Morgan fingerprint density at radius 2 is 1.87 bits per heavy atom. The largest absolute Gasteiger partial charge is 0.355 e. The van der Waals surface area contributed by atoms with Crippen molar-refractivity contribution in [1.29, 1.82) is 0 Å². The van der Waals surface area contributed by atoms with Crippen LogP contribution in [0.25, 0.3) is 0 Å². The molecule has 1 aliphatic heterocycles. The summed E-state index contributed by atoms with van der Waals surface area (Å²) in [7, 11) is 1.86. The quantitative estimate of drug-likeness (QED) is 0.527. The zero-order valence-electron chi connectivity index (χ0n) is 18.0. The van der Waals surface area contributed by atoms with Crippen LogP contribution in [0.1, 0.15) is 36.8 Å². The van der Waals surface area contributed by atoms with Gasteiger partial charge in [0.2, 0.25) is 0 Å². The molecule has 30 heavy (non-hydrogen) atoms. The molecule has 1 saturated carbocycles. The van der Waals surface area contributed by atoms with Crippen molar-refractivity contribution in [2.75, 3.05) is 38.2 Å². The van der Waals surface area contributed by atoms with Crippen LogP contribution >= 0.6 is 11.8 Å². The Morgan fingerprint density at radius 1 is 1.10 bits per heavy atom. The molecule has 0 unspecified atom stereocenters. The topological polar surface area (TPSA) is 57.5 Å². The van der Waals surface area contributed by atoms with Gasteiger partial charge < -0.3 is 10.6 Å². The van der Waals surface area contributed by atoms with Crippen molar-refractivity contribution < 1.29 is 0 Å². The van der Waals surface area contributed by atoms with E-state index in [1.807, 2.05) is 30.2 Å². The molecule has 7 heteroatoms. The second kappa shape index (κ2) is 10.4. The minimum absolute atomic E-state index is 0.302. The van der Waals surface area contributed by atoms with Crippen LogP contribution in [0.4, 0.5) is 0 Å². The molecule has 2 aliphatic rings. The number of nitrogens with zero attached hydrogens (tertiary/aromatic N) is 4. The Balaban J connectivity index is 1.35. The number of hydrogen-bond donors (Lipinski definition) is 2. The van der Waals surface area contributed by atoms with Crippen molar-refractivity contribution in [1.82, 2.24) is 25.3 Å². The maximum Gasteiger partial charge on any atom is 0.191 e. The van der Waals surface area contributed by atoms with Crippen LogP contribution < -0.4 is 10.6 Å². The Bertz CT molecular complexity index is 807. The molecule has 0 amide bonds. The summed E-state index contributed by atoms with van der Waals surface area (Å²) in [5, 5.41) is 11.5. The van der Waals surface area contributed by atoms with E-state index in [9.17, 15) is 0 Å². The van der Waals surface area contributed by atoms with E-state index >= 15 is 0 Å². The molecule has 162 valence electrons. The fraction of sp³-hybridized carbons (Fsp3) is 0.565. The first-order chi connectivity index (χ1) is 14.8. The van der Waals surface area contributed by atoms with Crippen molar-refractivity contribution in [3.05, 3.63) is 53.9 Å². The highest BCUT2D eigenvalue weighted by molar-refractivity contribution is 7.99. The summed E-state index contributed by atoms with van der Waals surface area (Å²) in [6, 6.07) is 10.5. The number of aromatic nitrogens is 2. The van der Waals surface area contributed by atoms with Crippen LogP contribution in [0.2, 0.25) is 0 Å². The average molecular weight is 427 g/mol. The van der Waals surface area contributed by atoms with Gasteiger partial charge in [0.1, 0.15) is 0 Å². The van der Waals surface area contributed by atoms with Crippen LogP contribution in [0.15, 0.2) is 47.7 Å². The summed E-state index contributed by atoms with van der Waals surface area (Å²) < 4.78 is 1.96. The standard InChI is InChI=1S/C23H34N6S/c1-24-22(26-19-23(9-4-5-10-23)28-13-15-30-16-14-28)25-17-20-7-2-3-8-21(20)18-29-12-6-11-27-29/h2-3,6-8,11-12H,4-5,9-10,13-19H2,1H3,(H2,24,25,26). The van der Waals surface area contributed by atoms with Crippen molar-refractivity contribution in [2.24, 2.45) is 4.99 Å². The second-order valence-corrected chi connectivity index (χ2v) is 9.51. The predicted molar refractivity (Wildman–Crippen MR) is 126 cm³/mol. The lowest BCUT2D eigenvalue weighted by molar-refractivity contribution is 0.107. The third kappa shape index (κ3) is 5.19. The molecule has 2 N–H and O–H groups in total. The first kappa shape index (κ1) is 21.2. The zero-order valence-corrected chi connectivity index (χ0v) is 18.8. The highest BCUT2D eigenvalue weighted by Gasteiger charge is 2.39.